The smallest absolute Gasteiger partial charge is 1.00 e. The van der Waals surface area contributed by atoms with Crippen molar-refractivity contribution in [2.24, 2.45) is 5.73 Å². The number of hydrogen-bond donors (Lipinski definition) is 3. The molecule has 0 aliphatic heterocycles. The molecular weight excluding hydrogens is 124 g/mol. The van der Waals surface area contributed by atoms with Crippen LogP contribution in [-0.2, 0) is 0 Å². The van der Waals surface area contributed by atoms with Crippen LogP contribution in [0.5, 0.6) is 0 Å². The van der Waals surface area contributed by atoms with Crippen LogP contribution in [0.25, 0.3) is 0 Å². The molecule has 7 heavy (non-hydrogen) atoms. The summed E-state index contributed by atoms with van der Waals surface area (Å²) in [6, 6.07) is 0. The van der Waals surface area contributed by atoms with E-state index < -0.39 is 0 Å². The first kappa shape index (κ1) is 15.7. The van der Waals surface area contributed by atoms with Crippen LogP contribution in [0, 0.1) is 0 Å². The number of rotatable bonds is 2. The summed E-state index contributed by atoms with van der Waals surface area (Å²) in [6.45, 7) is 0.955. The zero-order valence-electron chi connectivity index (χ0n) is 6.15. The molecule has 0 atom stereocenters. The van der Waals surface area contributed by atoms with Crippen molar-refractivity contribution in [3.05, 3.63) is 0 Å². The van der Waals surface area contributed by atoms with Crippen molar-refractivity contribution in [3.63, 3.8) is 0 Å². The zero-order chi connectivity index (χ0) is 4.12. The van der Waals surface area contributed by atoms with E-state index in [0.29, 0.717) is 13.1 Å². The second-order valence-corrected chi connectivity index (χ2v) is 0.697. The molecule has 0 spiro atoms. The summed E-state index contributed by atoms with van der Waals surface area (Å²) in [5, 5.41) is 7.74. The number of nitrogens with two attached hydrogens (primary N) is 1. The van der Waals surface area contributed by atoms with E-state index in [0.717, 1.165) is 0 Å². The molecule has 0 saturated heterocycles. The first-order valence-corrected chi connectivity index (χ1v) is 1.49. The van der Waals surface area contributed by atoms with Crippen LogP contribution in [-0.4, -0.2) is 61.5 Å². The number of hydrogen-bond acceptors (Lipinski definition) is 3. The molecule has 5 heteroatoms. The molecule has 0 amide bonds. The monoisotopic (exact) mass is 136 g/mol. The minimum atomic E-state index is 0. The van der Waals surface area contributed by atoms with Gasteiger partial charge >= 0.3 is 37.7 Å². The van der Waals surface area contributed by atoms with E-state index in [4.69, 9.17) is 10.9 Å². The molecule has 0 aromatic heterocycles. The maximum Gasteiger partial charge on any atom is 2.00 e. The molecule has 0 aromatic carbocycles. The molecule has 0 saturated carbocycles. The normalized spacial score (nSPS) is 6.00. The summed E-state index contributed by atoms with van der Waals surface area (Å²) in [6.07, 6.45) is 0. The largest absolute Gasteiger partial charge is 2.00 e. The fourth-order valence-corrected chi connectivity index (χ4v) is 0.0645. The number of hydroxylamine groups is 1. The molecule has 0 fully saturated rings. The van der Waals surface area contributed by atoms with Crippen LogP contribution < -0.4 is 11.2 Å². The van der Waals surface area contributed by atoms with Gasteiger partial charge in [0.2, 0.25) is 0 Å². The van der Waals surface area contributed by atoms with Gasteiger partial charge in [-0.2, -0.15) is 0 Å². The molecule has 6 N–H and O–H groups in total. The van der Waals surface area contributed by atoms with Gasteiger partial charge in [0.15, 0.2) is 0 Å². The summed E-state index contributed by atoms with van der Waals surface area (Å²) >= 11 is 0. The van der Waals surface area contributed by atoms with Crippen molar-refractivity contribution >= 4 is 37.7 Å². The molecule has 0 aliphatic rings. The van der Waals surface area contributed by atoms with Crippen molar-refractivity contribution in [2.75, 3.05) is 13.1 Å². The minimum Gasteiger partial charge on any atom is -1.00 e. The van der Waals surface area contributed by atoms with Crippen LogP contribution >= 0.6 is 0 Å². The molecule has 0 bridgehead atoms. The maximum atomic E-state index is 7.74. The van der Waals surface area contributed by atoms with Crippen molar-refractivity contribution < 1.29 is 13.5 Å². The van der Waals surface area contributed by atoms with Crippen molar-refractivity contribution in [1.29, 1.82) is 0 Å². The van der Waals surface area contributed by atoms with E-state index in [1.807, 2.05) is 5.48 Å². The summed E-state index contributed by atoms with van der Waals surface area (Å²) in [7, 11) is 0. The summed E-state index contributed by atoms with van der Waals surface area (Å²) in [5.41, 5.74) is 6.81. The Hall–Kier alpha value is 1.10. The summed E-state index contributed by atoms with van der Waals surface area (Å²) in [5.74, 6) is 0. The molecular formula is C2H12CaN2O2. The molecule has 0 rings (SSSR count). The van der Waals surface area contributed by atoms with Gasteiger partial charge in [-0.05, 0) is 0 Å². The van der Waals surface area contributed by atoms with Crippen LogP contribution in [0.15, 0.2) is 0 Å². The Kier molecular flexibility index (Phi) is 35.2. The van der Waals surface area contributed by atoms with Crippen LogP contribution in [0.3, 0.4) is 0 Å². The average Bonchev–Trinajstić information content (AvgIpc) is 1.41. The van der Waals surface area contributed by atoms with Gasteiger partial charge in [-0.1, -0.05) is 0 Å². The van der Waals surface area contributed by atoms with Gasteiger partial charge in [-0.3, -0.25) is 0 Å². The molecule has 0 heterocycles. The minimum absolute atomic E-state index is 0. The van der Waals surface area contributed by atoms with E-state index in [2.05, 4.69) is 0 Å². The number of nitrogens with one attached hydrogen (secondary N) is 1. The summed E-state index contributed by atoms with van der Waals surface area (Å²) in [4.78, 5) is 0. The SMILES string of the molecule is NCCNO.O.[Ca+2].[H-].[H-]. The van der Waals surface area contributed by atoms with Gasteiger partial charge in [0.25, 0.3) is 0 Å². The van der Waals surface area contributed by atoms with Crippen LogP contribution in [0.2, 0.25) is 0 Å². The van der Waals surface area contributed by atoms with Crippen molar-refractivity contribution in [1.82, 2.24) is 5.48 Å². The summed E-state index contributed by atoms with van der Waals surface area (Å²) < 4.78 is 0. The topological polar surface area (TPSA) is 89.8 Å². The molecule has 0 radical (unpaired) electrons. The average molecular weight is 136 g/mol. The second kappa shape index (κ2) is 15.7. The third kappa shape index (κ3) is 19.2. The molecule has 0 aromatic rings. The van der Waals surface area contributed by atoms with E-state index in [1.165, 1.54) is 0 Å². The van der Waals surface area contributed by atoms with Gasteiger partial charge in [0, 0.05) is 13.1 Å². The fraction of sp³-hybridized carbons (Fsp3) is 1.00. The van der Waals surface area contributed by atoms with Gasteiger partial charge < -0.3 is 19.3 Å². The van der Waals surface area contributed by atoms with Gasteiger partial charge in [-0.15, -0.1) is 0 Å². The van der Waals surface area contributed by atoms with E-state index >= 15 is 0 Å². The second-order valence-electron chi connectivity index (χ2n) is 0.697. The third-order valence-electron chi connectivity index (χ3n) is 0.256. The zero-order valence-corrected chi connectivity index (χ0v) is 6.35. The van der Waals surface area contributed by atoms with E-state index in [-0.39, 0.29) is 46.1 Å². The third-order valence-corrected chi connectivity index (χ3v) is 0.256. The quantitative estimate of drug-likeness (QED) is 0.301. The predicted molar refractivity (Wildman–Crippen MR) is 30.4 cm³/mol. The van der Waals surface area contributed by atoms with Crippen LogP contribution in [0.1, 0.15) is 2.85 Å². The predicted octanol–water partition coefficient (Wildman–Crippen LogP) is -2.06. The van der Waals surface area contributed by atoms with Gasteiger partial charge in [-0.25, -0.2) is 5.48 Å². The molecule has 4 nitrogen and oxygen atoms in total. The van der Waals surface area contributed by atoms with Crippen molar-refractivity contribution in [3.8, 4) is 0 Å². The van der Waals surface area contributed by atoms with Gasteiger partial charge in [0.05, 0.1) is 0 Å². The fourth-order valence-electron chi connectivity index (χ4n) is 0.0645. The Morgan fingerprint density at radius 3 is 2.14 bits per heavy atom. The Labute approximate surface area is 75.3 Å². The molecule has 44 valence electrons. The standard InChI is InChI=1S/C2H8N2O.Ca.H2O.2H/c3-1-2-4-5;;;;/h4-5H,1-3H2;;1H2;;/q;+2;;2*-1. The maximum absolute atomic E-state index is 7.74. The Balaban J connectivity index is -0.0000000133. The van der Waals surface area contributed by atoms with Gasteiger partial charge in [0.1, 0.15) is 0 Å². The Bertz CT molecular complexity index is 28.0. The Morgan fingerprint density at radius 2 is 2.14 bits per heavy atom. The van der Waals surface area contributed by atoms with E-state index in [1.54, 1.807) is 0 Å². The van der Waals surface area contributed by atoms with Crippen molar-refractivity contribution in [2.45, 2.75) is 0 Å². The Morgan fingerprint density at radius 1 is 1.71 bits per heavy atom. The molecule has 0 unspecified atom stereocenters. The van der Waals surface area contributed by atoms with E-state index in [9.17, 15) is 0 Å². The molecule has 0 aliphatic carbocycles. The first-order chi connectivity index (χ1) is 2.41. The van der Waals surface area contributed by atoms with Crippen LogP contribution in [0.4, 0.5) is 0 Å². The first-order valence-electron chi connectivity index (χ1n) is 1.49.